The first-order valence-corrected chi connectivity index (χ1v) is 3.62. The monoisotopic (exact) mass is 153 g/mol. The van der Waals surface area contributed by atoms with Crippen LogP contribution in [0.2, 0.25) is 0 Å². The molecule has 0 atom stereocenters. The highest BCUT2D eigenvalue weighted by Crippen LogP contribution is 2.15. The van der Waals surface area contributed by atoms with Gasteiger partial charge in [0.15, 0.2) is 11.6 Å². The van der Waals surface area contributed by atoms with Crippen LogP contribution in [0.5, 0.6) is 0 Å². The fourth-order valence-corrected chi connectivity index (χ4v) is 1.22. The second kappa shape index (κ2) is 2.86. The topological polar surface area (TPSA) is 46.2 Å². The molecule has 60 valence electrons. The van der Waals surface area contributed by atoms with E-state index in [1.165, 1.54) is 0 Å². The maximum atomic E-state index is 11.1. The zero-order valence-corrected chi connectivity index (χ0v) is 6.73. The van der Waals surface area contributed by atoms with Crippen molar-refractivity contribution in [2.75, 3.05) is 7.05 Å². The minimum absolute atomic E-state index is 0.0459. The summed E-state index contributed by atoms with van der Waals surface area (Å²) in [5.41, 5.74) is 1.06. The standard InChI is InChI=1S/C8H11NO2/c1-5-6(10)3-4-7(11)8(5)9-2/h9H,3-4H2,1-2H3. The lowest BCUT2D eigenvalue weighted by molar-refractivity contribution is -0.122. The van der Waals surface area contributed by atoms with Crippen molar-refractivity contribution in [3.8, 4) is 0 Å². The van der Waals surface area contributed by atoms with Crippen molar-refractivity contribution in [1.82, 2.24) is 5.32 Å². The molecule has 0 saturated carbocycles. The van der Waals surface area contributed by atoms with Crippen molar-refractivity contribution in [1.29, 1.82) is 0 Å². The van der Waals surface area contributed by atoms with E-state index in [9.17, 15) is 9.59 Å². The van der Waals surface area contributed by atoms with Crippen LogP contribution in [0.4, 0.5) is 0 Å². The number of allylic oxidation sites excluding steroid dienone is 2. The summed E-state index contributed by atoms with van der Waals surface area (Å²) in [5, 5.41) is 2.74. The summed E-state index contributed by atoms with van der Waals surface area (Å²) in [5.74, 6) is 0.124. The Labute approximate surface area is 65.5 Å². The van der Waals surface area contributed by atoms with Crippen LogP contribution < -0.4 is 5.32 Å². The Kier molecular flexibility index (Phi) is 2.08. The highest BCUT2D eigenvalue weighted by Gasteiger charge is 2.22. The Morgan fingerprint density at radius 3 is 2.18 bits per heavy atom. The highest BCUT2D eigenvalue weighted by atomic mass is 16.1. The van der Waals surface area contributed by atoms with Gasteiger partial charge in [-0.25, -0.2) is 0 Å². The van der Waals surface area contributed by atoms with Crippen LogP contribution in [0, 0.1) is 0 Å². The summed E-state index contributed by atoms with van der Waals surface area (Å²) in [6.45, 7) is 1.69. The van der Waals surface area contributed by atoms with Gasteiger partial charge in [-0.1, -0.05) is 0 Å². The lowest BCUT2D eigenvalue weighted by Crippen LogP contribution is -2.25. The minimum atomic E-state index is 0.0459. The molecule has 0 bridgehead atoms. The zero-order valence-electron chi connectivity index (χ0n) is 6.73. The van der Waals surface area contributed by atoms with Gasteiger partial charge in [0, 0.05) is 25.5 Å². The van der Waals surface area contributed by atoms with Crippen LogP contribution in [0.15, 0.2) is 11.3 Å². The Morgan fingerprint density at radius 1 is 1.18 bits per heavy atom. The largest absolute Gasteiger partial charge is 0.385 e. The molecule has 1 aliphatic rings. The van der Waals surface area contributed by atoms with E-state index >= 15 is 0 Å². The molecule has 0 fully saturated rings. The van der Waals surface area contributed by atoms with Gasteiger partial charge in [0.25, 0.3) is 0 Å². The molecule has 1 aliphatic carbocycles. The van der Waals surface area contributed by atoms with Gasteiger partial charge in [-0.3, -0.25) is 9.59 Å². The zero-order chi connectivity index (χ0) is 8.43. The molecule has 0 aromatic heterocycles. The van der Waals surface area contributed by atoms with Crippen molar-refractivity contribution in [2.45, 2.75) is 19.8 Å². The summed E-state index contributed by atoms with van der Waals surface area (Å²) in [7, 11) is 1.66. The Hall–Kier alpha value is -1.12. The molecule has 0 saturated heterocycles. The first-order chi connectivity index (χ1) is 5.16. The second-order valence-corrected chi connectivity index (χ2v) is 2.60. The summed E-state index contributed by atoms with van der Waals surface area (Å²) >= 11 is 0. The van der Waals surface area contributed by atoms with Gasteiger partial charge >= 0.3 is 0 Å². The van der Waals surface area contributed by atoms with Crippen molar-refractivity contribution in [3.63, 3.8) is 0 Å². The summed E-state index contributed by atoms with van der Waals surface area (Å²) in [6.07, 6.45) is 0.724. The molecule has 0 aliphatic heterocycles. The molecule has 0 radical (unpaired) electrons. The fourth-order valence-electron chi connectivity index (χ4n) is 1.22. The molecule has 0 amide bonds. The van der Waals surface area contributed by atoms with Crippen molar-refractivity contribution in [2.24, 2.45) is 0 Å². The quantitative estimate of drug-likeness (QED) is 0.593. The number of Topliss-reactive ketones (excluding diaryl/α,β-unsaturated/α-hetero) is 2. The van der Waals surface area contributed by atoms with E-state index in [0.717, 1.165) is 0 Å². The van der Waals surface area contributed by atoms with E-state index in [4.69, 9.17) is 0 Å². The van der Waals surface area contributed by atoms with Crippen LogP contribution in [0.3, 0.4) is 0 Å². The van der Waals surface area contributed by atoms with Gasteiger partial charge < -0.3 is 5.32 Å². The van der Waals surface area contributed by atoms with Gasteiger partial charge in [0.1, 0.15) is 0 Å². The number of ketones is 2. The smallest absolute Gasteiger partial charge is 0.179 e. The van der Waals surface area contributed by atoms with Crippen LogP contribution >= 0.6 is 0 Å². The molecule has 11 heavy (non-hydrogen) atoms. The molecular formula is C8H11NO2. The molecule has 0 aromatic rings. The van der Waals surface area contributed by atoms with Crippen LogP contribution in [0.1, 0.15) is 19.8 Å². The minimum Gasteiger partial charge on any atom is -0.385 e. The lowest BCUT2D eigenvalue weighted by atomic mass is 9.95. The summed E-state index contributed by atoms with van der Waals surface area (Å²) < 4.78 is 0. The fraction of sp³-hybridized carbons (Fsp3) is 0.500. The Bertz CT molecular complexity index is 240. The molecule has 3 nitrogen and oxygen atoms in total. The second-order valence-electron chi connectivity index (χ2n) is 2.60. The normalized spacial score (nSPS) is 19.1. The average molecular weight is 153 g/mol. The average Bonchev–Trinajstić information content (AvgIpc) is 1.99. The lowest BCUT2D eigenvalue weighted by Gasteiger charge is -2.14. The van der Waals surface area contributed by atoms with E-state index in [-0.39, 0.29) is 11.6 Å². The number of nitrogens with one attached hydrogen (secondary N) is 1. The first kappa shape index (κ1) is 7.98. The predicted molar refractivity (Wildman–Crippen MR) is 41.0 cm³/mol. The Morgan fingerprint density at radius 2 is 1.73 bits per heavy atom. The number of hydrogen-bond donors (Lipinski definition) is 1. The van der Waals surface area contributed by atoms with Crippen LogP contribution in [-0.4, -0.2) is 18.6 Å². The molecule has 0 unspecified atom stereocenters. The molecule has 0 heterocycles. The molecule has 0 aromatic carbocycles. The van der Waals surface area contributed by atoms with Crippen LogP contribution in [-0.2, 0) is 9.59 Å². The summed E-state index contributed by atoms with van der Waals surface area (Å²) in [4.78, 5) is 22.2. The number of rotatable bonds is 1. The highest BCUT2D eigenvalue weighted by molar-refractivity contribution is 6.10. The molecule has 3 heteroatoms. The molecular weight excluding hydrogens is 142 g/mol. The van der Waals surface area contributed by atoms with Gasteiger partial charge in [-0.2, -0.15) is 0 Å². The summed E-state index contributed by atoms with van der Waals surface area (Å²) in [6, 6.07) is 0. The SMILES string of the molecule is CNC1=C(C)C(=O)CCC1=O. The van der Waals surface area contributed by atoms with E-state index in [1.807, 2.05) is 0 Å². The number of carbonyl (C=O) groups is 2. The van der Waals surface area contributed by atoms with Crippen molar-refractivity contribution < 1.29 is 9.59 Å². The predicted octanol–water partition coefficient (Wildman–Crippen LogP) is 0.412. The van der Waals surface area contributed by atoms with E-state index < -0.39 is 0 Å². The molecule has 1 rings (SSSR count). The number of carbonyl (C=O) groups excluding carboxylic acids is 2. The number of likely N-dealkylation sites (N-methyl/N-ethyl adjacent to an activating group) is 1. The number of hydrogen-bond acceptors (Lipinski definition) is 3. The van der Waals surface area contributed by atoms with E-state index in [0.29, 0.717) is 24.1 Å². The third-order valence-electron chi connectivity index (χ3n) is 1.90. The third kappa shape index (κ3) is 1.31. The maximum absolute atomic E-state index is 11.1. The van der Waals surface area contributed by atoms with E-state index in [1.54, 1.807) is 14.0 Å². The van der Waals surface area contributed by atoms with Gasteiger partial charge in [-0.15, -0.1) is 0 Å². The van der Waals surface area contributed by atoms with Gasteiger partial charge in [-0.05, 0) is 6.92 Å². The van der Waals surface area contributed by atoms with Crippen molar-refractivity contribution >= 4 is 11.6 Å². The van der Waals surface area contributed by atoms with Gasteiger partial charge in [0.2, 0.25) is 0 Å². The van der Waals surface area contributed by atoms with Crippen molar-refractivity contribution in [3.05, 3.63) is 11.3 Å². The molecule has 0 spiro atoms. The van der Waals surface area contributed by atoms with Gasteiger partial charge in [0.05, 0.1) is 5.70 Å². The first-order valence-electron chi connectivity index (χ1n) is 3.62. The molecule has 1 N–H and O–H groups in total. The van der Waals surface area contributed by atoms with Crippen LogP contribution in [0.25, 0.3) is 0 Å². The van der Waals surface area contributed by atoms with E-state index in [2.05, 4.69) is 5.32 Å². The maximum Gasteiger partial charge on any atom is 0.179 e. The Balaban J connectivity index is 3.03. The third-order valence-corrected chi connectivity index (χ3v) is 1.90.